The van der Waals surface area contributed by atoms with E-state index in [0.29, 0.717) is 11.0 Å². The van der Waals surface area contributed by atoms with Crippen LogP contribution in [0.1, 0.15) is 142 Å². The molecule has 2 saturated heterocycles. The number of alkyl halides is 2. The molecule has 2 aliphatic rings. The van der Waals surface area contributed by atoms with Gasteiger partial charge in [0.05, 0.1) is 13.2 Å². The lowest BCUT2D eigenvalue weighted by molar-refractivity contribution is -0.138. The highest BCUT2D eigenvalue weighted by Crippen LogP contribution is 2.59. The van der Waals surface area contributed by atoms with Crippen molar-refractivity contribution in [3.63, 3.8) is 0 Å². The van der Waals surface area contributed by atoms with Crippen molar-refractivity contribution >= 4 is 13.6 Å². The Hall–Kier alpha value is -1.39. The van der Waals surface area contributed by atoms with Gasteiger partial charge in [0.2, 0.25) is 6.23 Å². The standard InChI is InChI=1S/C31H54F2N3O6P/c1-2-3-4-5-6-7-8-9-10-11-12-13-14-15-16-17-18-19-20-21-24-39-43(38)40-25-26-28(42-43)31(32,33)29(41-26)36-23-22-27(34)35-30(36)37/h22-23,26,28-29H,2-21,24-25H2,1H3,(H2,34,35,37)/t26-,28-,29-,43?/m1/s1. The minimum absolute atomic E-state index is 0.0881. The van der Waals surface area contributed by atoms with E-state index in [2.05, 4.69) is 11.9 Å². The molecule has 3 heterocycles. The largest absolute Gasteiger partial charge is 0.475 e. The molecule has 43 heavy (non-hydrogen) atoms. The summed E-state index contributed by atoms with van der Waals surface area (Å²) < 4.78 is 64.8. The molecular weight excluding hydrogens is 579 g/mol. The normalized spacial score (nSPS) is 24.8. The Morgan fingerprint density at radius 1 is 0.907 bits per heavy atom. The maximum atomic E-state index is 15.1. The highest BCUT2D eigenvalue weighted by molar-refractivity contribution is 7.48. The Morgan fingerprint density at radius 2 is 1.40 bits per heavy atom. The fourth-order valence-electron chi connectivity index (χ4n) is 5.77. The van der Waals surface area contributed by atoms with E-state index >= 15 is 8.78 Å². The predicted molar refractivity (Wildman–Crippen MR) is 164 cm³/mol. The van der Waals surface area contributed by atoms with Crippen LogP contribution in [0.3, 0.4) is 0 Å². The number of hydrogen-bond acceptors (Lipinski definition) is 8. The number of nitrogens with zero attached hydrogens (tertiary/aromatic N) is 2. The van der Waals surface area contributed by atoms with Gasteiger partial charge in [0.25, 0.3) is 0 Å². The van der Waals surface area contributed by atoms with Crippen molar-refractivity contribution in [2.45, 2.75) is 160 Å². The number of rotatable bonds is 23. The molecule has 0 amide bonds. The van der Waals surface area contributed by atoms with Crippen molar-refractivity contribution in [2.75, 3.05) is 18.9 Å². The average Bonchev–Trinajstić information content (AvgIpc) is 3.23. The number of anilines is 1. The number of hydrogen-bond donors (Lipinski definition) is 1. The molecule has 0 bridgehead atoms. The van der Waals surface area contributed by atoms with E-state index in [4.69, 9.17) is 24.0 Å². The van der Waals surface area contributed by atoms with Crippen LogP contribution in [0.4, 0.5) is 14.6 Å². The number of aromatic nitrogens is 2. The summed E-state index contributed by atoms with van der Waals surface area (Å²) in [7, 11) is -4.18. The molecule has 1 unspecified atom stereocenters. The van der Waals surface area contributed by atoms with Gasteiger partial charge in [-0.05, 0) is 12.5 Å². The van der Waals surface area contributed by atoms with Crippen LogP contribution in [-0.4, -0.2) is 40.9 Å². The molecule has 0 aromatic carbocycles. The lowest BCUT2D eigenvalue weighted by atomic mass is 10.0. The van der Waals surface area contributed by atoms with Gasteiger partial charge < -0.3 is 10.5 Å². The monoisotopic (exact) mass is 633 g/mol. The van der Waals surface area contributed by atoms with Gasteiger partial charge in [0.1, 0.15) is 11.9 Å². The molecule has 2 fully saturated rings. The summed E-state index contributed by atoms with van der Waals surface area (Å²) in [6.45, 7) is 1.96. The lowest BCUT2D eigenvalue weighted by Crippen LogP contribution is -2.45. The molecule has 0 saturated carbocycles. The van der Waals surface area contributed by atoms with Gasteiger partial charge >= 0.3 is 19.4 Å². The van der Waals surface area contributed by atoms with Crippen molar-refractivity contribution in [1.29, 1.82) is 0 Å². The first-order valence-electron chi connectivity index (χ1n) is 16.7. The van der Waals surface area contributed by atoms with Crippen molar-refractivity contribution in [1.82, 2.24) is 9.55 Å². The Morgan fingerprint density at radius 3 is 1.88 bits per heavy atom. The fraction of sp³-hybridized carbons (Fsp3) is 0.871. The third-order valence-corrected chi connectivity index (χ3v) is 9.79. The predicted octanol–water partition coefficient (Wildman–Crippen LogP) is 8.72. The molecule has 0 radical (unpaired) electrons. The SMILES string of the molecule is CCCCCCCCCCCCCCCCCCCCCCOP1(=O)OC[C@H]2O[C@@H](n3ccc(N)nc3=O)C(F)(F)[C@@H]2O1. The van der Waals surface area contributed by atoms with E-state index in [1.54, 1.807) is 0 Å². The zero-order valence-electron chi connectivity index (χ0n) is 26.1. The van der Waals surface area contributed by atoms with Crippen LogP contribution >= 0.6 is 7.82 Å². The fourth-order valence-corrected chi connectivity index (χ4v) is 7.20. The molecule has 12 heteroatoms. The second-order valence-electron chi connectivity index (χ2n) is 12.1. The quantitative estimate of drug-likeness (QED) is 0.0940. The van der Waals surface area contributed by atoms with Crippen LogP contribution in [0.15, 0.2) is 17.1 Å². The van der Waals surface area contributed by atoms with E-state index in [0.717, 1.165) is 25.5 Å². The van der Waals surface area contributed by atoms with Crippen LogP contribution < -0.4 is 11.4 Å². The number of nitrogen functional groups attached to an aromatic ring is 1. The van der Waals surface area contributed by atoms with Crippen LogP contribution in [0.25, 0.3) is 0 Å². The Kier molecular flexibility index (Phi) is 16.1. The first kappa shape index (κ1) is 36.1. The van der Waals surface area contributed by atoms with Gasteiger partial charge in [-0.25, -0.2) is 9.36 Å². The summed E-state index contributed by atoms with van der Waals surface area (Å²) in [4.78, 5) is 15.5. The third-order valence-electron chi connectivity index (χ3n) is 8.34. The number of halogens is 2. The zero-order chi connectivity index (χ0) is 31.0. The van der Waals surface area contributed by atoms with E-state index in [1.165, 1.54) is 109 Å². The van der Waals surface area contributed by atoms with Gasteiger partial charge in [-0.3, -0.25) is 18.1 Å². The number of unbranched alkanes of at least 4 members (excludes halogenated alkanes) is 19. The first-order chi connectivity index (χ1) is 20.8. The van der Waals surface area contributed by atoms with E-state index in [9.17, 15) is 9.36 Å². The molecule has 2 aliphatic heterocycles. The molecule has 0 aliphatic carbocycles. The summed E-state index contributed by atoms with van der Waals surface area (Å²) in [5.41, 5.74) is 4.46. The molecular formula is C31H54F2N3O6P. The average molecular weight is 634 g/mol. The summed E-state index contributed by atoms with van der Waals surface area (Å²) in [6, 6.07) is 1.22. The molecule has 1 aromatic rings. The number of fused-ring (bicyclic) bond motifs is 1. The van der Waals surface area contributed by atoms with E-state index in [1.807, 2.05) is 0 Å². The number of nitrogens with two attached hydrogens (primary N) is 1. The lowest BCUT2D eigenvalue weighted by Gasteiger charge is -2.31. The van der Waals surface area contributed by atoms with Crippen molar-refractivity contribution in [3.05, 3.63) is 22.7 Å². The molecule has 4 atom stereocenters. The first-order valence-corrected chi connectivity index (χ1v) is 18.2. The van der Waals surface area contributed by atoms with E-state index in [-0.39, 0.29) is 12.4 Å². The molecule has 0 spiro atoms. The maximum Gasteiger partial charge on any atom is 0.475 e. The van der Waals surface area contributed by atoms with Crippen molar-refractivity contribution in [2.24, 2.45) is 0 Å². The van der Waals surface area contributed by atoms with Crippen LogP contribution in [0.2, 0.25) is 0 Å². The second kappa shape index (κ2) is 19.2. The Bertz CT molecular complexity index is 1030. The summed E-state index contributed by atoms with van der Waals surface area (Å²) in [5.74, 6) is -3.76. The molecule has 1 aromatic heterocycles. The van der Waals surface area contributed by atoms with Crippen molar-refractivity contribution in [3.8, 4) is 0 Å². The van der Waals surface area contributed by atoms with Gasteiger partial charge in [-0.1, -0.05) is 129 Å². The van der Waals surface area contributed by atoms with Crippen LogP contribution in [0, 0.1) is 0 Å². The topological polar surface area (TPSA) is 115 Å². The zero-order valence-corrected chi connectivity index (χ0v) is 27.0. The minimum Gasteiger partial charge on any atom is -0.383 e. The molecule has 2 N–H and O–H groups in total. The Labute approximate surface area is 256 Å². The maximum absolute atomic E-state index is 15.1. The number of ether oxygens (including phenoxy) is 1. The van der Waals surface area contributed by atoms with Gasteiger partial charge in [0, 0.05) is 6.20 Å². The number of phosphoric ester groups is 1. The molecule has 3 rings (SSSR count). The third kappa shape index (κ3) is 12.1. The van der Waals surface area contributed by atoms with Crippen LogP contribution in [-0.2, 0) is 22.9 Å². The van der Waals surface area contributed by atoms with Gasteiger partial charge in [-0.15, -0.1) is 0 Å². The second-order valence-corrected chi connectivity index (χ2v) is 13.7. The van der Waals surface area contributed by atoms with E-state index < -0.39 is 44.5 Å². The highest BCUT2D eigenvalue weighted by atomic mass is 31.2. The van der Waals surface area contributed by atoms with Gasteiger partial charge in [0.15, 0.2) is 6.10 Å². The molecule has 248 valence electrons. The minimum atomic E-state index is -4.18. The smallest absolute Gasteiger partial charge is 0.383 e. The Balaban J connectivity index is 1.16. The molecule has 9 nitrogen and oxygen atoms in total. The van der Waals surface area contributed by atoms with Crippen LogP contribution in [0.5, 0.6) is 0 Å². The summed E-state index contributed by atoms with van der Waals surface area (Å²) in [5, 5.41) is 0. The van der Waals surface area contributed by atoms with Crippen molar-refractivity contribution < 1.29 is 31.7 Å². The van der Waals surface area contributed by atoms with Gasteiger partial charge in [-0.2, -0.15) is 13.8 Å². The number of phosphoric acid groups is 1. The highest BCUT2D eigenvalue weighted by Gasteiger charge is 2.65. The summed E-state index contributed by atoms with van der Waals surface area (Å²) >= 11 is 0. The summed E-state index contributed by atoms with van der Waals surface area (Å²) in [6.07, 6.45) is 21.4.